The average molecular weight is 395 g/mol. The summed E-state index contributed by atoms with van der Waals surface area (Å²) in [7, 11) is 1.66. The number of pyridine rings is 1. The molecule has 4 unspecified atom stereocenters. The van der Waals surface area contributed by atoms with Gasteiger partial charge in [0.2, 0.25) is 0 Å². The fraction of sp³-hybridized carbons (Fsp3) is 0.500. The molecule has 4 heterocycles. The van der Waals surface area contributed by atoms with Crippen LogP contribution in [-0.4, -0.2) is 42.1 Å². The van der Waals surface area contributed by atoms with Crippen LogP contribution >= 0.6 is 0 Å². The van der Waals surface area contributed by atoms with Crippen LogP contribution in [0.3, 0.4) is 0 Å². The monoisotopic (exact) mass is 394 g/mol. The number of methoxy groups -OCH3 is 1. The second-order valence-electron chi connectivity index (χ2n) is 8.54. The van der Waals surface area contributed by atoms with E-state index in [4.69, 9.17) is 9.47 Å². The zero-order chi connectivity index (χ0) is 20.5. The molecular weight excluding hydrogens is 364 g/mol. The molecule has 1 aromatic heterocycles. The van der Waals surface area contributed by atoms with Gasteiger partial charge in [-0.1, -0.05) is 19.9 Å². The van der Waals surface area contributed by atoms with Crippen molar-refractivity contribution in [3.05, 3.63) is 48.7 Å². The van der Waals surface area contributed by atoms with Crippen LogP contribution in [0.2, 0.25) is 0 Å². The van der Waals surface area contributed by atoms with Crippen LogP contribution in [0.25, 0.3) is 10.9 Å². The molecule has 0 N–H and O–H groups in total. The maximum Gasteiger partial charge on any atom is 0.309 e. The smallest absolute Gasteiger partial charge is 0.309 e. The molecular formula is C24H30N2O3. The highest BCUT2D eigenvalue weighted by atomic mass is 16.5. The molecule has 3 aliphatic heterocycles. The van der Waals surface area contributed by atoms with Gasteiger partial charge in [-0.2, -0.15) is 0 Å². The number of esters is 1. The van der Waals surface area contributed by atoms with Gasteiger partial charge in [-0.3, -0.25) is 14.7 Å². The van der Waals surface area contributed by atoms with Crippen molar-refractivity contribution in [3.63, 3.8) is 0 Å². The summed E-state index contributed by atoms with van der Waals surface area (Å²) in [5.74, 6) is 1.57. The van der Waals surface area contributed by atoms with E-state index in [1.54, 1.807) is 7.11 Å². The first kappa shape index (κ1) is 19.9. The lowest BCUT2D eigenvalue weighted by molar-refractivity contribution is -0.161. The lowest BCUT2D eigenvalue weighted by Crippen LogP contribution is -2.55. The van der Waals surface area contributed by atoms with Gasteiger partial charge in [-0.25, -0.2) is 0 Å². The Balaban J connectivity index is 1.77. The summed E-state index contributed by atoms with van der Waals surface area (Å²) in [6, 6.07) is 8.03. The lowest BCUT2D eigenvalue weighted by Gasteiger charge is -2.51. The lowest BCUT2D eigenvalue weighted by atomic mass is 9.73. The Kier molecular flexibility index (Phi) is 5.59. The molecule has 154 valence electrons. The van der Waals surface area contributed by atoms with E-state index in [0.717, 1.165) is 41.7 Å². The number of rotatable bonds is 6. The largest absolute Gasteiger partial charge is 0.497 e. The number of fused-ring (bicyclic) bond motifs is 4. The van der Waals surface area contributed by atoms with Crippen molar-refractivity contribution in [2.24, 2.45) is 17.8 Å². The van der Waals surface area contributed by atoms with E-state index in [-0.39, 0.29) is 24.0 Å². The van der Waals surface area contributed by atoms with Crippen molar-refractivity contribution >= 4 is 16.9 Å². The molecule has 3 saturated heterocycles. The number of piperidine rings is 3. The summed E-state index contributed by atoms with van der Waals surface area (Å²) in [6.07, 6.45) is 5.78. The Morgan fingerprint density at radius 1 is 1.34 bits per heavy atom. The summed E-state index contributed by atoms with van der Waals surface area (Å²) >= 11 is 0. The molecule has 5 rings (SSSR count). The Morgan fingerprint density at radius 3 is 2.83 bits per heavy atom. The molecule has 1 aromatic carbocycles. The van der Waals surface area contributed by atoms with Crippen molar-refractivity contribution in [2.75, 3.05) is 20.2 Å². The second-order valence-corrected chi connectivity index (χ2v) is 8.54. The normalized spacial score (nSPS) is 27.0. The van der Waals surface area contributed by atoms with Gasteiger partial charge >= 0.3 is 5.97 Å². The van der Waals surface area contributed by atoms with Gasteiger partial charge in [-0.15, -0.1) is 6.58 Å². The summed E-state index contributed by atoms with van der Waals surface area (Å²) in [4.78, 5) is 19.7. The van der Waals surface area contributed by atoms with E-state index in [9.17, 15) is 4.79 Å². The number of carbonyl (C=O) groups excluding carboxylic acids is 1. The van der Waals surface area contributed by atoms with Gasteiger partial charge in [0.15, 0.2) is 0 Å². The quantitative estimate of drug-likeness (QED) is 0.538. The second kappa shape index (κ2) is 8.15. The minimum atomic E-state index is -0.323. The number of benzene rings is 1. The van der Waals surface area contributed by atoms with Crippen molar-refractivity contribution in [2.45, 2.75) is 38.8 Å². The van der Waals surface area contributed by atoms with Crippen molar-refractivity contribution < 1.29 is 14.3 Å². The molecule has 0 saturated carbocycles. The third-order valence-corrected chi connectivity index (χ3v) is 6.51. The van der Waals surface area contributed by atoms with Crippen LogP contribution in [0, 0.1) is 17.8 Å². The molecule has 2 bridgehead atoms. The average Bonchev–Trinajstić information content (AvgIpc) is 2.76. The number of hydrogen-bond donors (Lipinski definition) is 0. The summed E-state index contributed by atoms with van der Waals surface area (Å²) in [5, 5.41) is 0.983. The van der Waals surface area contributed by atoms with Crippen LogP contribution in [-0.2, 0) is 9.53 Å². The number of carbonyl (C=O) groups is 1. The molecule has 0 amide bonds. The first-order valence-corrected chi connectivity index (χ1v) is 10.5. The molecule has 0 spiro atoms. The van der Waals surface area contributed by atoms with E-state index in [1.165, 1.54) is 6.42 Å². The molecule has 0 aliphatic carbocycles. The van der Waals surface area contributed by atoms with Crippen molar-refractivity contribution in [1.82, 2.24) is 9.88 Å². The van der Waals surface area contributed by atoms with Gasteiger partial charge in [0.25, 0.3) is 0 Å². The van der Waals surface area contributed by atoms with E-state index < -0.39 is 0 Å². The maximum atomic E-state index is 12.7. The molecule has 5 nitrogen and oxygen atoms in total. The fourth-order valence-electron chi connectivity index (χ4n) is 4.82. The summed E-state index contributed by atoms with van der Waals surface area (Å²) < 4.78 is 11.6. The highest BCUT2D eigenvalue weighted by Gasteiger charge is 2.44. The zero-order valence-corrected chi connectivity index (χ0v) is 17.5. The zero-order valence-electron chi connectivity index (χ0n) is 17.5. The van der Waals surface area contributed by atoms with Gasteiger partial charge in [-0.05, 0) is 55.5 Å². The number of hydrogen-bond acceptors (Lipinski definition) is 5. The van der Waals surface area contributed by atoms with Gasteiger partial charge in [0.05, 0.1) is 24.6 Å². The van der Waals surface area contributed by atoms with Crippen molar-refractivity contribution in [3.8, 4) is 5.75 Å². The molecule has 0 radical (unpaired) electrons. The number of ether oxygens (including phenoxy) is 2. The van der Waals surface area contributed by atoms with Gasteiger partial charge in [0, 0.05) is 23.7 Å². The number of aromatic nitrogens is 1. The Hall–Kier alpha value is -2.40. The van der Waals surface area contributed by atoms with Crippen LogP contribution in [0.5, 0.6) is 5.75 Å². The molecule has 3 fully saturated rings. The maximum absolute atomic E-state index is 12.7. The fourth-order valence-corrected chi connectivity index (χ4v) is 4.82. The first-order chi connectivity index (χ1) is 14.0. The van der Waals surface area contributed by atoms with Crippen LogP contribution in [0.15, 0.2) is 43.1 Å². The van der Waals surface area contributed by atoms with E-state index >= 15 is 0 Å². The Labute approximate surface area is 172 Å². The minimum absolute atomic E-state index is 0.161. The van der Waals surface area contributed by atoms with Crippen LogP contribution in [0.4, 0.5) is 0 Å². The first-order valence-electron chi connectivity index (χ1n) is 10.5. The topological polar surface area (TPSA) is 51.7 Å². The highest BCUT2D eigenvalue weighted by molar-refractivity contribution is 5.84. The molecule has 5 heteroatoms. The van der Waals surface area contributed by atoms with Gasteiger partial charge in [0.1, 0.15) is 11.9 Å². The third-order valence-electron chi connectivity index (χ3n) is 6.51. The van der Waals surface area contributed by atoms with Crippen molar-refractivity contribution in [1.29, 1.82) is 0 Å². The van der Waals surface area contributed by atoms with E-state index in [2.05, 4.69) is 22.5 Å². The third kappa shape index (κ3) is 3.76. The SMILES string of the molecule is C=CC1CN2CCC1CC2[C@@H](OC(=O)C(C)C)c1ccnc2ccc(OC)cc12. The minimum Gasteiger partial charge on any atom is -0.497 e. The Morgan fingerprint density at radius 2 is 2.17 bits per heavy atom. The molecule has 2 aromatic rings. The molecule has 29 heavy (non-hydrogen) atoms. The number of nitrogens with zero attached hydrogens (tertiary/aromatic N) is 2. The standard InChI is InChI=1S/C24H30N2O3/c1-5-16-14-26-11-9-17(16)12-22(26)23(29-24(27)15(2)3)19-8-10-25-21-7-6-18(28-4)13-20(19)21/h5-8,10,13,15-17,22-23H,1,9,11-12,14H2,2-4H3/t16?,17?,22?,23-/m0/s1. The van der Waals surface area contributed by atoms with Crippen LogP contribution < -0.4 is 4.74 Å². The predicted octanol–water partition coefficient (Wildman–Crippen LogP) is 4.38. The summed E-state index contributed by atoms with van der Waals surface area (Å²) in [5.41, 5.74) is 1.89. The van der Waals surface area contributed by atoms with E-state index in [0.29, 0.717) is 11.8 Å². The molecule has 5 atom stereocenters. The van der Waals surface area contributed by atoms with Crippen LogP contribution in [0.1, 0.15) is 38.4 Å². The highest BCUT2D eigenvalue weighted by Crippen LogP contribution is 2.43. The van der Waals surface area contributed by atoms with E-state index in [1.807, 2.05) is 44.3 Å². The predicted molar refractivity (Wildman–Crippen MR) is 114 cm³/mol. The molecule has 3 aliphatic rings. The Bertz CT molecular complexity index is 910. The van der Waals surface area contributed by atoms with Gasteiger partial charge < -0.3 is 9.47 Å². The summed E-state index contributed by atoms with van der Waals surface area (Å²) in [6.45, 7) is 9.83.